The third-order valence-electron chi connectivity index (χ3n) is 6.23. The van der Waals surface area contributed by atoms with Crippen molar-refractivity contribution in [2.75, 3.05) is 6.54 Å². The minimum Gasteiger partial charge on any atom is -0.344 e. The van der Waals surface area contributed by atoms with Crippen molar-refractivity contribution in [2.45, 2.75) is 129 Å². The molecule has 0 fully saturated rings. The molecule has 0 aliphatic heterocycles. The summed E-state index contributed by atoms with van der Waals surface area (Å²) in [5.41, 5.74) is 5.82. The van der Waals surface area contributed by atoms with Crippen LogP contribution in [0.25, 0.3) is 0 Å². The highest BCUT2D eigenvalue weighted by Gasteiger charge is 2.48. The van der Waals surface area contributed by atoms with Crippen molar-refractivity contribution in [3.63, 3.8) is 0 Å². The van der Waals surface area contributed by atoms with Crippen LogP contribution in [0.1, 0.15) is 124 Å². The third kappa shape index (κ3) is 12.2. The number of hydrogen-bond donors (Lipinski definition) is 2. The summed E-state index contributed by atoms with van der Waals surface area (Å²) in [6.07, 6.45) is 18.2. The maximum atomic E-state index is 13.0. The molecule has 4 heteroatoms. The van der Waals surface area contributed by atoms with E-state index in [2.05, 4.69) is 13.5 Å². The average Bonchev–Trinajstić information content (AvgIpc) is 2.63. The summed E-state index contributed by atoms with van der Waals surface area (Å²) >= 11 is 6.77. The topological polar surface area (TPSA) is 78.1 Å². The molecule has 0 saturated heterocycles. The number of carbonyl (C=O) groups is 1. The third-order valence-corrected chi connectivity index (χ3v) is 6.59. The molecule has 0 radical (unpaired) electrons. The molecule has 0 aliphatic rings. The Hall–Kier alpha value is -0.380. The van der Waals surface area contributed by atoms with E-state index in [0.717, 1.165) is 25.7 Å². The van der Waals surface area contributed by atoms with Gasteiger partial charge in [0.2, 0.25) is 0 Å². The van der Waals surface area contributed by atoms with Gasteiger partial charge in [-0.3, -0.25) is 4.79 Å². The van der Waals surface area contributed by atoms with Crippen LogP contribution < -0.4 is 11.9 Å². The number of ketones is 1. The Morgan fingerprint density at radius 3 is 1.55 bits per heavy atom. The van der Waals surface area contributed by atoms with E-state index in [1.54, 1.807) is 0 Å². The number of nitrogens with two attached hydrogens (primary N) is 1. The van der Waals surface area contributed by atoms with Crippen LogP contribution in [0.15, 0.2) is 12.2 Å². The van der Waals surface area contributed by atoms with Crippen molar-refractivity contribution in [3.8, 4) is 0 Å². The fourth-order valence-electron chi connectivity index (χ4n) is 4.30. The number of rotatable bonds is 19. The van der Waals surface area contributed by atoms with E-state index >= 15 is 0 Å². The Labute approximate surface area is 187 Å². The normalized spacial score (nSPS) is 13.6. The molecular formula is C25H51ClN2O. The van der Waals surface area contributed by atoms with Crippen molar-refractivity contribution < 1.29 is 4.79 Å². The lowest BCUT2D eigenvalue weighted by atomic mass is 9.65. The van der Waals surface area contributed by atoms with Gasteiger partial charge in [-0.2, -0.15) is 0 Å². The smallest absolute Gasteiger partial charge is 0.165 e. The van der Waals surface area contributed by atoms with Gasteiger partial charge >= 0.3 is 0 Å². The van der Waals surface area contributed by atoms with Gasteiger partial charge in [-0.15, -0.1) is 11.6 Å². The van der Waals surface area contributed by atoms with Gasteiger partial charge < -0.3 is 11.9 Å². The maximum absolute atomic E-state index is 13.0. The SMILES string of the molecule is C=C(C)C(=O)C(CCCN)(CCCCCCCCCCCCCC)C(C)(C)Cl.N. The van der Waals surface area contributed by atoms with E-state index < -0.39 is 10.3 Å². The maximum Gasteiger partial charge on any atom is 0.165 e. The molecule has 0 heterocycles. The molecule has 0 rings (SSSR count). The van der Waals surface area contributed by atoms with Gasteiger partial charge in [-0.05, 0) is 52.2 Å². The molecule has 3 nitrogen and oxygen atoms in total. The molecule has 0 aromatic carbocycles. The minimum absolute atomic E-state index is 0. The zero-order valence-electron chi connectivity index (χ0n) is 20.1. The van der Waals surface area contributed by atoms with Crippen molar-refractivity contribution in [1.29, 1.82) is 0 Å². The van der Waals surface area contributed by atoms with Gasteiger partial charge in [0, 0.05) is 0 Å². The molecule has 1 atom stereocenters. The molecule has 1 unspecified atom stereocenters. The highest BCUT2D eigenvalue weighted by Crippen LogP contribution is 2.47. The van der Waals surface area contributed by atoms with Crippen LogP contribution in [0.4, 0.5) is 0 Å². The summed E-state index contributed by atoms with van der Waals surface area (Å²) in [6, 6.07) is 0. The summed E-state index contributed by atoms with van der Waals surface area (Å²) in [5, 5.41) is 0. The van der Waals surface area contributed by atoms with Crippen molar-refractivity contribution in [1.82, 2.24) is 6.15 Å². The minimum atomic E-state index is -0.587. The van der Waals surface area contributed by atoms with Gasteiger partial charge in [-0.1, -0.05) is 90.6 Å². The lowest BCUT2D eigenvalue weighted by Gasteiger charge is -2.42. The Bertz CT molecular complexity index is 431. The highest BCUT2D eigenvalue weighted by molar-refractivity contribution is 6.26. The number of alkyl halides is 1. The van der Waals surface area contributed by atoms with Crippen LogP contribution in [-0.4, -0.2) is 17.2 Å². The summed E-state index contributed by atoms with van der Waals surface area (Å²) < 4.78 is 0. The molecule has 0 aliphatic carbocycles. The molecule has 29 heavy (non-hydrogen) atoms. The molecule has 0 saturated carbocycles. The Balaban J connectivity index is 0. The van der Waals surface area contributed by atoms with Crippen LogP contribution >= 0.6 is 11.6 Å². The van der Waals surface area contributed by atoms with Crippen LogP contribution in [0.3, 0.4) is 0 Å². The summed E-state index contributed by atoms with van der Waals surface area (Å²) in [7, 11) is 0. The van der Waals surface area contributed by atoms with Crippen molar-refractivity contribution >= 4 is 17.4 Å². The van der Waals surface area contributed by atoms with Crippen molar-refractivity contribution in [3.05, 3.63) is 12.2 Å². The Kier molecular flexibility index (Phi) is 18.4. The Morgan fingerprint density at radius 1 is 0.828 bits per heavy atom. The summed E-state index contributed by atoms with van der Waals surface area (Å²) in [4.78, 5) is 12.4. The molecule has 0 bridgehead atoms. The standard InChI is InChI=1S/C25H48ClNO.H3N/c1-6-7-8-9-10-11-12-13-14-15-16-17-19-25(20-18-21-27,24(4,5)26)23(28)22(2)3;/h2,6-21,27H2,1,3-5H3;1H3. The van der Waals surface area contributed by atoms with Gasteiger partial charge in [-0.25, -0.2) is 0 Å². The van der Waals surface area contributed by atoms with E-state index in [1.165, 1.54) is 70.6 Å². The zero-order valence-corrected chi connectivity index (χ0v) is 20.8. The monoisotopic (exact) mass is 430 g/mol. The van der Waals surface area contributed by atoms with E-state index in [4.69, 9.17) is 17.3 Å². The number of unbranched alkanes of at least 4 members (excludes halogenated alkanes) is 11. The number of carbonyl (C=O) groups excluding carboxylic acids is 1. The number of Topliss-reactive ketones (excluding diaryl/α,β-unsaturated/α-hetero) is 1. The number of allylic oxidation sites excluding steroid dienone is 1. The Morgan fingerprint density at radius 2 is 1.21 bits per heavy atom. The van der Waals surface area contributed by atoms with E-state index in [9.17, 15) is 4.79 Å². The first-order chi connectivity index (χ1) is 13.2. The average molecular weight is 431 g/mol. The first-order valence-electron chi connectivity index (χ1n) is 11.8. The van der Waals surface area contributed by atoms with Gasteiger partial charge in [0.1, 0.15) is 0 Å². The predicted molar refractivity (Wildman–Crippen MR) is 131 cm³/mol. The second kappa shape index (κ2) is 17.3. The zero-order chi connectivity index (χ0) is 21.5. The van der Waals surface area contributed by atoms with Gasteiger partial charge in [0.05, 0.1) is 10.3 Å². The highest BCUT2D eigenvalue weighted by atomic mass is 35.5. The van der Waals surface area contributed by atoms with Crippen LogP contribution in [0.5, 0.6) is 0 Å². The second-order valence-corrected chi connectivity index (χ2v) is 10.1. The molecule has 0 aromatic heterocycles. The lowest BCUT2D eigenvalue weighted by Crippen LogP contribution is -2.46. The van der Waals surface area contributed by atoms with E-state index in [-0.39, 0.29) is 11.9 Å². The second-order valence-electron chi connectivity index (χ2n) is 9.20. The fraction of sp³-hybridized carbons (Fsp3) is 0.880. The first kappa shape index (κ1) is 30.8. The van der Waals surface area contributed by atoms with E-state index in [1.807, 2.05) is 20.8 Å². The van der Waals surface area contributed by atoms with Crippen LogP contribution in [0, 0.1) is 5.41 Å². The van der Waals surface area contributed by atoms with Crippen LogP contribution in [0.2, 0.25) is 0 Å². The molecule has 0 spiro atoms. The number of halogens is 1. The largest absolute Gasteiger partial charge is 0.344 e. The first-order valence-corrected chi connectivity index (χ1v) is 12.2. The van der Waals surface area contributed by atoms with Gasteiger partial charge in [0.15, 0.2) is 5.78 Å². The quantitative estimate of drug-likeness (QED) is 0.123. The summed E-state index contributed by atoms with van der Waals surface area (Å²) in [5.74, 6) is 0.129. The van der Waals surface area contributed by atoms with Crippen LogP contribution in [-0.2, 0) is 4.79 Å². The lowest BCUT2D eigenvalue weighted by molar-refractivity contribution is -0.127. The predicted octanol–water partition coefficient (Wildman–Crippen LogP) is 8.13. The molecule has 0 amide bonds. The fourth-order valence-corrected chi connectivity index (χ4v) is 4.57. The van der Waals surface area contributed by atoms with Crippen molar-refractivity contribution in [2.24, 2.45) is 11.1 Å². The molecule has 5 N–H and O–H groups in total. The molecular weight excluding hydrogens is 380 g/mol. The summed E-state index contributed by atoms with van der Waals surface area (Å²) in [6.45, 7) is 12.5. The van der Waals surface area contributed by atoms with Gasteiger partial charge in [0.25, 0.3) is 0 Å². The molecule has 0 aromatic rings. The van der Waals surface area contributed by atoms with E-state index in [0.29, 0.717) is 12.1 Å². The number of hydrogen-bond acceptors (Lipinski definition) is 3. The molecule has 174 valence electrons.